The van der Waals surface area contributed by atoms with E-state index in [1.54, 1.807) is 32.8 Å². The van der Waals surface area contributed by atoms with Crippen molar-refractivity contribution in [2.75, 3.05) is 0 Å². The minimum absolute atomic E-state index is 0. The van der Waals surface area contributed by atoms with Gasteiger partial charge in [-0.1, -0.05) is 58.4 Å². The van der Waals surface area contributed by atoms with Gasteiger partial charge in [0, 0.05) is 11.3 Å². The molecule has 0 bridgehead atoms. The van der Waals surface area contributed by atoms with Crippen LogP contribution in [0.15, 0.2) is 29.2 Å². The third-order valence-corrected chi connectivity index (χ3v) is 7.33. The number of hydrogen-bond donors (Lipinski definition) is 1. The summed E-state index contributed by atoms with van der Waals surface area (Å²) in [6, 6.07) is 6.30. The van der Waals surface area contributed by atoms with Gasteiger partial charge in [-0.25, -0.2) is 0 Å². The van der Waals surface area contributed by atoms with E-state index in [1.807, 2.05) is 0 Å². The molecule has 2 rings (SSSR count). The summed E-state index contributed by atoms with van der Waals surface area (Å²) in [6.45, 7) is 2.17. The molecule has 0 aliphatic carbocycles. The number of benzene rings is 1. The molecule has 8 heteroatoms. The van der Waals surface area contributed by atoms with Crippen molar-refractivity contribution >= 4 is 43.0 Å². The van der Waals surface area contributed by atoms with Gasteiger partial charge >= 0.3 is 29.6 Å². The zero-order valence-electron chi connectivity index (χ0n) is 13.5. The van der Waals surface area contributed by atoms with E-state index >= 15 is 0 Å². The average molecular weight is 385 g/mol. The van der Waals surface area contributed by atoms with Gasteiger partial charge in [-0.05, 0) is 36.1 Å². The monoisotopic (exact) mass is 384 g/mol. The Morgan fingerprint density at radius 3 is 2.41 bits per heavy atom. The quantitative estimate of drug-likeness (QED) is 0.357. The third-order valence-electron chi connectivity index (χ3n) is 3.16. The molecule has 0 aliphatic rings. The molecular formula is C14H17NaO3S4. The Bertz CT molecular complexity index is 766. The van der Waals surface area contributed by atoms with Crippen molar-refractivity contribution in [3.8, 4) is 0 Å². The zero-order chi connectivity index (χ0) is 15.5. The first kappa shape index (κ1) is 20.4. The van der Waals surface area contributed by atoms with Gasteiger partial charge < -0.3 is 1.43 Å². The molecule has 0 amide bonds. The first-order valence-corrected chi connectivity index (χ1v) is 10.6. The normalized spacial score (nSPS) is 11.2. The molecule has 2 aromatic rings. The Morgan fingerprint density at radius 1 is 1.23 bits per heavy atom. The summed E-state index contributed by atoms with van der Waals surface area (Å²) < 4.78 is 32.0. The number of hydrogen-bond acceptors (Lipinski definition) is 5. The molecule has 3 nitrogen and oxygen atoms in total. The second kappa shape index (κ2) is 9.03. The van der Waals surface area contributed by atoms with Gasteiger partial charge in [-0.15, -0.1) is 0 Å². The fraction of sp³-hybridized carbons (Fsp3) is 0.357. The van der Waals surface area contributed by atoms with E-state index in [-0.39, 0.29) is 35.9 Å². The van der Waals surface area contributed by atoms with E-state index in [2.05, 4.69) is 6.92 Å². The minimum Gasteiger partial charge on any atom is -1.00 e. The van der Waals surface area contributed by atoms with Crippen LogP contribution in [0.25, 0.3) is 0 Å². The SMILES string of the molecule is CCCCc1ssc(=S)c1Cc1ccc(S(=O)(=O)O)cc1.[H-].[Na+]. The topological polar surface area (TPSA) is 54.4 Å². The standard InChI is InChI=1S/C14H16O3S4.Na.H/c1-2-3-4-13-12(14(18)20-19-13)9-10-5-7-11(8-6-10)21(15,16)17;;/h5-8H,2-4,9H2,1H3,(H,15,16,17);;/q;+1;-1. The largest absolute Gasteiger partial charge is 1.00 e. The van der Waals surface area contributed by atoms with Crippen LogP contribution in [0.4, 0.5) is 0 Å². The van der Waals surface area contributed by atoms with Crippen LogP contribution in [-0.2, 0) is 23.0 Å². The number of unbranched alkanes of at least 4 members (excludes halogenated alkanes) is 1. The summed E-state index contributed by atoms with van der Waals surface area (Å²) in [5.74, 6) is 0. The van der Waals surface area contributed by atoms with Crippen molar-refractivity contribution in [1.82, 2.24) is 0 Å². The second-order valence-electron chi connectivity index (χ2n) is 4.76. The van der Waals surface area contributed by atoms with Crippen molar-refractivity contribution in [3.63, 3.8) is 0 Å². The summed E-state index contributed by atoms with van der Waals surface area (Å²) in [5, 5.41) is 0. The van der Waals surface area contributed by atoms with Gasteiger partial charge in [0.25, 0.3) is 10.1 Å². The van der Waals surface area contributed by atoms with Gasteiger partial charge in [-0.3, -0.25) is 4.55 Å². The smallest absolute Gasteiger partial charge is 1.00 e. The maximum atomic E-state index is 11.0. The average Bonchev–Trinajstić information content (AvgIpc) is 2.77. The molecule has 1 aromatic carbocycles. The Balaban J connectivity index is 0.00000242. The van der Waals surface area contributed by atoms with Gasteiger partial charge in [-0.2, -0.15) is 8.42 Å². The molecule has 1 aromatic heterocycles. The first-order valence-electron chi connectivity index (χ1n) is 6.59. The van der Waals surface area contributed by atoms with E-state index < -0.39 is 10.1 Å². The fourth-order valence-corrected chi connectivity index (χ4v) is 5.45. The van der Waals surface area contributed by atoms with Crippen molar-refractivity contribution in [3.05, 3.63) is 44.1 Å². The molecule has 0 fully saturated rings. The van der Waals surface area contributed by atoms with Crippen molar-refractivity contribution < 1.29 is 44.0 Å². The van der Waals surface area contributed by atoms with Crippen LogP contribution in [0.5, 0.6) is 0 Å². The molecule has 0 unspecified atom stereocenters. The molecule has 0 spiro atoms. The predicted molar refractivity (Wildman–Crippen MR) is 91.8 cm³/mol. The van der Waals surface area contributed by atoms with E-state index in [0.717, 1.165) is 28.6 Å². The molecule has 0 radical (unpaired) electrons. The van der Waals surface area contributed by atoms with Crippen LogP contribution in [0, 0.1) is 3.82 Å². The zero-order valence-corrected chi connectivity index (χ0v) is 17.8. The minimum atomic E-state index is -4.13. The van der Waals surface area contributed by atoms with E-state index in [4.69, 9.17) is 16.8 Å². The summed E-state index contributed by atoms with van der Waals surface area (Å²) in [4.78, 5) is 1.26. The summed E-state index contributed by atoms with van der Waals surface area (Å²) >= 11 is 5.40. The number of aryl methyl sites for hydroxylation is 1. The molecule has 1 heterocycles. The van der Waals surface area contributed by atoms with Gasteiger partial charge in [0.05, 0.1) is 4.90 Å². The molecule has 0 saturated heterocycles. The molecule has 0 aliphatic heterocycles. The number of rotatable bonds is 6. The molecule has 1 N–H and O–H groups in total. The van der Waals surface area contributed by atoms with Gasteiger partial charge in [0.2, 0.25) is 0 Å². The van der Waals surface area contributed by atoms with Crippen LogP contribution in [-0.4, -0.2) is 13.0 Å². The van der Waals surface area contributed by atoms with E-state index in [0.29, 0.717) is 6.42 Å². The van der Waals surface area contributed by atoms with Crippen molar-refractivity contribution in [2.45, 2.75) is 37.5 Å². The molecular weight excluding hydrogens is 367 g/mol. The van der Waals surface area contributed by atoms with Crippen LogP contribution >= 0.6 is 32.9 Å². The molecule has 0 saturated carbocycles. The van der Waals surface area contributed by atoms with Crippen LogP contribution in [0.3, 0.4) is 0 Å². The molecule has 0 atom stereocenters. The van der Waals surface area contributed by atoms with Crippen LogP contribution in [0.2, 0.25) is 0 Å². The summed E-state index contributed by atoms with van der Waals surface area (Å²) in [7, 11) is -0.753. The summed E-state index contributed by atoms with van der Waals surface area (Å²) in [6.07, 6.45) is 4.06. The maximum absolute atomic E-state index is 11.0. The van der Waals surface area contributed by atoms with Gasteiger partial charge in [0.15, 0.2) is 0 Å². The van der Waals surface area contributed by atoms with E-state index in [9.17, 15) is 8.42 Å². The van der Waals surface area contributed by atoms with Crippen LogP contribution < -0.4 is 29.6 Å². The molecule has 22 heavy (non-hydrogen) atoms. The van der Waals surface area contributed by atoms with E-state index in [1.165, 1.54) is 22.6 Å². The van der Waals surface area contributed by atoms with Crippen molar-refractivity contribution in [2.24, 2.45) is 0 Å². The second-order valence-corrected chi connectivity index (χ2v) is 9.08. The molecule has 116 valence electrons. The Labute approximate surface area is 167 Å². The first-order chi connectivity index (χ1) is 9.91. The Morgan fingerprint density at radius 2 is 1.86 bits per heavy atom. The maximum Gasteiger partial charge on any atom is 1.00 e. The van der Waals surface area contributed by atoms with Crippen molar-refractivity contribution in [1.29, 1.82) is 0 Å². The Hall–Kier alpha value is 0.400. The van der Waals surface area contributed by atoms with Gasteiger partial charge in [0.1, 0.15) is 3.82 Å². The third kappa shape index (κ3) is 5.49. The van der Waals surface area contributed by atoms with Crippen LogP contribution in [0.1, 0.15) is 37.2 Å². The Kier molecular flexibility index (Phi) is 8.39. The predicted octanol–water partition coefficient (Wildman–Crippen LogP) is 1.84. The fourth-order valence-electron chi connectivity index (χ4n) is 1.99. The summed E-state index contributed by atoms with van der Waals surface area (Å²) in [5.41, 5.74) is 2.19.